The lowest BCUT2D eigenvalue weighted by atomic mass is 10.0. The Morgan fingerprint density at radius 3 is 2.74 bits per heavy atom. The summed E-state index contributed by atoms with van der Waals surface area (Å²) in [4.78, 5) is 23.3. The van der Waals surface area contributed by atoms with Crippen LogP contribution in [0.1, 0.15) is 27.9 Å². The van der Waals surface area contributed by atoms with Crippen molar-refractivity contribution in [3.8, 4) is 6.07 Å². The fourth-order valence-electron chi connectivity index (χ4n) is 3.19. The Morgan fingerprint density at radius 2 is 1.93 bits per heavy atom. The summed E-state index contributed by atoms with van der Waals surface area (Å²) < 4.78 is 0. The van der Waals surface area contributed by atoms with Crippen LogP contribution < -0.4 is 10.2 Å². The van der Waals surface area contributed by atoms with E-state index in [4.69, 9.17) is 5.26 Å². The fourth-order valence-corrected chi connectivity index (χ4v) is 3.19. The Balaban J connectivity index is 1.53. The molecular weight excluding hydrogens is 338 g/mol. The fraction of sp³-hybridized carbons (Fsp3) is 0.143. The number of nitrogens with zero attached hydrogens (tertiary/aromatic N) is 4. The zero-order chi connectivity index (χ0) is 18.6. The molecule has 27 heavy (non-hydrogen) atoms. The predicted octanol–water partition coefficient (Wildman–Crippen LogP) is 3.68. The molecule has 6 heteroatoms. The molecule has 0 unspecified atom stereocenters. The van der Waals surface area contributed by atoms with Gasteiger partial charge in [-0.05, 0) is 42.7 Å². The lowest BCUT2D eigenvalue weighted by Crippen LogP contribution is -2.26. The van der Waals surface area contributed by atoms with Gasteiger partial charge in [-0.3, -0.25) is 4.79 Å². The van der Waals surface area contributed by atoms with Crippen LogP contribution in [0.5, 0.6) is 0 Å². The molecule has 0 bridgehead atoms. The van der Waals surface area contributed by atoms with E-state index in [1.165, 1.54) is 18.0 Å². The normalized spacial score (nSPS) is 12.8. The molecule has 0 radical (unpaired) electrons. The molecule has 0 atom stereocenters. The summed E-state index contributed by atoms with van der Waals surface area (Å²) in [6, 6.07) is 17.1. The number of nitrogens with one attached hydrogen (secondary N) is 1. The van der Waals surface area contributed by atoms with Gasteiger partial charge in [0.15, 0.2) is 0 Å². The monoisotopic (exact) mass is 355 g/mol. The van der Waals surface area contributed by atoms with Crippen LogP contribution in [0.25, 0.3) is 0 Å². The van der Waals surface area contributed by atoms with Crippen LogP contribution in [0.15, 0.2) is 60.9 Å². The number of hydrogen-bond acceptors (Lipinski definition) is 5. The number of nitriles is 1. The van der Waals surface area contributed by atoms with Crippen molar-refractivity contribution in [1.82, 2.24) is 9.97 Å². The predicted molar refractivity (Wildman–Crippen MR) is 103 cm³/mol. The third kappa shape index (κ3) is 3.48. The van der Waals surface area contributed by atoms with Crippen LogP contribution >= 0.6 is 0 Å². The number of rotatable bonds is 3. The molecule has 0 fully saturated rings. The van der Waals surface area contributed by atoms with Crippen molar-refractivity contribution in [3.63, 3.8) is 0 Å². The first-order valence-electron chi connectivity index (χ1n) is 8.73. The summed E-state index contributed by atoms with van der Waals surface area (Å²) in [5, 5.41) is 11.7. The van der Waals surface area contributed by atoms with Crippen LogP contribution in [0.4, 0.5) is 17.3 Å². The van der Waals surface area contributed by atoms with Gasteiger partial charge >= 0.3 is 0 Å². The second-order valence-corrected chi connectivity index (χ2v) is 6.30. The van der Waals surface area contributed by atoms with Crippen molar-refractivity contribution < 1.29 is 4.79 Å². The Kier molecular flexibility index (Phi) is 4.50. The first-order chi connectivity index (χ1) is 13.2. The van der Waals surface area contributed by atoms with E-state index >= 15 is 0 Å². The van der Waals surface area contributed by atoms with Crippen molar-refractivity contribution in [2.45, 2.75) is 12.8 Å². The molecule has 1 aliphatic heterocycles. The van der Waals surface area contributed by atoms with Gasteiger partial charge in [-0.1, -0.05) is 24.3 Å². The molecule has 2 heterocycles. The SMILES string of the molecule is N#Cc1cccc(NC(=O)c2cnc(N3CCCc4ccccc43)nc2)c1. The molecule has 132 valence electrons. The molecule has 3 aromatic rings. The summed E-state index contributed by atoms with van der Waals surface area (Å²) in [6.45, 7) is 0.851. The molecule has 1 aromatic heterocycles. The molecule has 0 saturated carbocycles. The Morgan fingerprint density at radius 1 is 1.11 bits per heavy atom. The van der Waals surface area contributed by atoms with Gasteiger partial charge in [0.2, 0.25) is 5.95 Å². The molecular formula is C21H17N5O. The van der Waals surface area contributed by atoms with E-state index in [0.29, 0.717) is 22.8 Å². The van der Waals surface area contributed by atoms with Gasteiger partial charge in [0.05, 0.1) is 17.2 Å². The summed E-state index contributed by atoms with van der Waals surface area (Å²) in [5.74, 6) is 0.279. The number of anilines is 3. The van der Waals surface area contributed by atoms with Crippen molar-refractivity contribution in [2.24, 2.45) is 0 Å². The summed E-state index contributed by atoms with van der Waals surface area (Å²) in [5.41, 5.74) is 3.82. The third-order valence-electron chi connectivity index (χ3n) is 4.50. The maximum Gasteiger partial charge on any atom is 0.258 e. The average molecular weight is 355 g/mol. The molecule has 2 aromatic carbocycles. The number of aromatic nitrogens is 2. The molecule has 0 spiro atoms. The minimum atomic E-state index is -0.310. The summed E-state index contributed by atoms with van der Waals surface area (Å²) in [6.07, 6.45) is 5.15. The number of hydrogen-bond donors (Lipinski definition) is 1. The molecule has 0 saturated heterocycles. The van der Waals surface area contributed by atoms with Gasteiger partial charge in [0, 0.05) is 30.3 Å². The second-order valence-electron chi connectivity index (χ2n) is 6.30. The molecule has 1 amide bonds. The standard InChI is InChI=1S/C21H17N5O/c22-12-15-5-3-8-18(11-15)25-20(27)17-13-23-21(24-14-17)26-10-4-7-16-6-1-2-9-19(16)26/h1-3,5-6,8-9,11,13-14H,4,7,10H2,(H,25,27). The van der Waals surface area contributed by atoms with Gasteiger partial charge in [0.1, 0.15) is 0 Å². The molecule has 4 rings (SSSR count). The highest BCUT2D eigenvalue weighted by Gasteiger charge is 2.20. The highest BCUT2D eigenvalue weighted by molar-refractivity contribution is 6.04. The Hall–Kier alpha value is -3.72. The maximum absolute atomic E-state index is 12.4. The lowest BCUT2D eigenvalue weighted by Gasteiger charge is -2.29. The van der Waals surface area contributed by atoms with Crippen molar-refractivity contribution in [2.75, 3.05) is 16.8 Å². The largest absolute Gasteiger partial charge is 0.322 e. The zero-order valence-electron chi connectivity index (χ0n) is 14.6. The van der Waals surface area contributed by atoms with E-state index < -0.39 is 0 Å². The van der Waals surface area contributed by atoms with Gasteiger partial charge in [-0.2, -0.15) is 5.26 Å². The quantitative estimate of drug-likeness (QED) is 0.775. The average Bonchev–Trinajstić information content (AvgIpc) is 2.73. The third-order valence-corrected chi connectivity index (χ3v) is 4.50. The maximum atomic E-state index is 12.4. The van der Waals surface area contributed by atoms with Gasteiger partial charge in [-0.15, -0.1) is 0 Å². The van der Waals surface area contributed by atoms with E-state index in [1.807, 2.05) is 12.1 Å². The van der Waals surface area contributed by atoms with Gasteiger partial charge in [-0.25, -0.2) is 9.97 Å². The van der Waals surface area contributed by atoms with Crippen molar-refractivity contribution >= 4 is 23.2 Å². The highest BCUT2D eigenvalue weighted by Crippen LogP contribution is 2.31. The van der Waals surface area contributed by atoms with E-state index in [2.05, 4.69) is 38.4 Å². The topological polar surface area (TPSA) is 81.9 Å². The molecule has 1 aliphatic rings. The van der Waals surface area contributed by atoms with Crippen LogP contribution in [0, 0.1) is 11.3 Å². The molecule has 6 nitrogen and oxygen atoms in total. The number of amides is 1. The number of aryl methyl sites for hydroxylation is 1. The van der Waals surface area contributed by atoms with Crippen LogP contribution in [-0.4, -0.2) is 22.4 Å². The van der Waals surface area contributed by atoms with Crippen LogP contribution in [0.3, 0.4) is 0 Å². The minimum absolute atomic E-state index is 0.310. The van der Waals surface area contributed by atoms with Crippen molar-refractivity contribution in [3.05, 3.63) is 77.6 Å². The Bertz CT molecular complexity index is 1020. The highest BCUT2D eigenvalue weighted by atomic mass is 16.1. The van der Waals surface area contributed by atoms with Crippen LogP contribution in [0.2, 0.25) is 0 Å². The first-order valence-corrected chi connectivity index (χ1v) is 8.73. The number of carbonyl (C=O) groups is 1. The van der Waals surface area contributed by atoms with Gasteiger partial charge < -0.3 is 10.2 Å². The number of carbonyl (C=O) groups excluding carboxylic acids is 1. The minimum Gasteiger partial charge on any atom is -0.322 e. The van der Waals surface area contributed by atoms with E-state index in [-0.39, 0.29) is 5.91 Å². The van der Waals surface area contributed by atoms with E-state index in [0.717, 1.165) is 25.1 Å². The smallest absolute Gasteiger partial charge is 0.258 e. The lowest BCUT2D eigenvalue weighted by molar-refractivity contribution is 0.102. The summed E-state index contributed by atoms with van der Waals surface area (Å²) >= 11 is 0. The molecule has 1 N–H and O–H groups in total. The summed E-state index contributed by atoms with van der Waals surface area (Å²) in [7, 11) is 0. The first kappa shape index (κ1) is 16.7. The second kappa shape index (κ2) is 7.26. The number of benzene rings is 2. The number of fused-ring (bicyclic) bond motifs is 1. The molecule has 0 aliphatic carbocycles. The van der Waals surface area contributed by atoms with E-state index in [9.17, 15) is 4.79 Å². The zero-order valence-corrected chi connectivity index (χ0v) is 14.6. The van der Waals surface area contributed by atoms with Crippen molar-refractivity contribution in [1.29, 1.82) is 5.26 Å². The Labute approximate surface area is 157 Å². The van der Waals surface area contributed by atoms with E-state index in [1.54, 1.807) is 24.3 Å². The van der Waals surface area contributed by atoms with Gasteiger partial charge in [0.25, 0.3) is 5.91 Å². The van der Waals surface area contributed by atoms with Crippen LogP contribution in [-0.2, 0) is 6.42 Å². The number of para-hydroxylation sites is 1.